The minimum absolute atomic E-state index is 0.263. The summed E-state index contributed by atoms with van der Waals surface area (Å²) in [7, 11) is 20.3. The van der Waals surface area contributed by atoms with Crippen molar-refractivity contribution in [3.8, 4) is 0 Å². The summed E-state index contributed by atoms with van der Waals surface area (Å²) in [6, 6.07) is 26.2. The molecule has 0 aromatic heterocycles. The van der Waals surface area contributed by atoms with E-state index < -0.39 is 41.7 Å². The first kappa shape index (κ1) is 35.8. The van der Waals surface area contributed by atoms with Gasteiger partial charge in [0.05, 0.1) is 0 Å². The number of hydrogen-bond donors (Lipinski definition) is 0. The molecule has 186 valence electrons. The van der Waals surface area contributed by atoms with Gasteiger partial charge in [-0.2, -0.15) is 12.1 Å². The average molecular weight is 723 g/mol. The van der Waals surface area contributed by atoms with E-state index in [9.17, 15) is 0 Å². The summed E-state index contributed by atoms with van der Waals surface area (Å²) < 4.78 is 0. The van der Waals surface area contributed by atoms with Crippen molar-refractivity contribution < 1.29 is 41.7 Å². The Balaban J connectivity index is 0.000000496. The van der Waals surface area contributed by atoms with Crippen LogP contribution in [0.25, 0.3) is 21.5 Å². The molecule has 0 nitrogen and oxygen atoms in total. The van der Waals surface area contributed by atoms with Crippen LogP contribution in [0.3, 0.4) is 0 Å². The van der Waals surface area contributed by atoms with Gasteiger partial charge in [-0.25, -0.2) is 0 Å². The molecule has 7 heteroatoms. The summed E-state index contributed by atoms with van der Waals surface area (Å²) in [5.41, 5.74) is 3.38. The molecule has 0 bridgehead atoms. The maximum atomic E-state index is 4.93. The van der Waals surface area contributed by atoms with Gasteiger partial charge in [-0.1, -0.05) is 53.7 Å². The van der Waals surface area contributed by atoms with Crippen LogP contribution in [0.15, 0.2) is 72.8 Å². The van der Waals surface area contributed by atoms with Crippen LogP contribution in [0.5, 0.6) is 0 Å². The third-order valence-corrected chi connectivity index (χ3v) is 4.97. The molecular weight excluding hydrogens is 689 g/mol. The number of halogens is 4. The van der Waals surface area contributed by atoms with Gasteiger partial charge in [0, 0.05) is 0 Å². The predicted octanol–water partition coefficient (Wildman–Crippen LogP) is 10.7. The normalized spacial score (nSPS) is 10.2. The van der Waals surface area contributed by atoms with E-state index in [1.165, 1.54) is 32.7 Å². The molecule has 35 heavy (non-hydrogen) atoms. The summed E-state index contributed by atoms with van der Waals surface area (Å²) in [5.74, 6) is 0. The van der Waals surface area contributed by atoms with Crippen molar-refractivity contribution in [1.29, 1.82) is 0 Å². The van der Waals surface area contributed by atoms with Crippen molar-refractivity contribution in [2.75, 3.05) is 0 Å². The molecule has 0 aliphatic carbocycles. The zero-order valence-electron chi connectivity index (χ0n) is 21.4. The summed E-state index contributed by atoms with van der Waals surface area (Å²) in [5, 5.41) is 5.42. The molecule has 0 unspecified atom stereocenters. The van der Waals surface area contributed by atoms with Crippen molar-refractivity contribution in [1.82, 2.24) is 0 Å². The molecule has 0 fully saturated rings. The van der Waals surface area contributed by atoms with Gasteiger partial charge in [-0.15, -0.1) is 81.2 Å². The standard InChI is InChI=1S/2C13H15.C2H4Si.4ClH.2Zr/c2*1-13(2,3)12-8-10-6-4-5-7-11(10)9-12;1-3-2;;;;;;/h2*4-9H,1-3H3;1-2H2;4*1H;;/q2*-1;-2;;;;;2*+4/p-4. The van der Waals surface area contributed by atoms with E-state index in [2.05, 4.69) is 127 Å². The molecule has 4 aromatic carbocycles. The molecular formula is C28H34Cl4SiZr2. The summed E-state index contributed by atoms with van der Waals surface area (Å²) in [6.07, 6.45) is 0. The molecule has 0 amide bonds. The molecule has 4 aromatic rings. The van der Waals surface area contributed by atoms with Crippen LogP contribution in [0, 0.1) is 13.1 Å². The minimum atomic E-state index is -0.826. The molecule has 0 atom stereocenters. The van der Waals surface area contributed by atoms with Crippen molar-refractivity contribution >= 4 is 65.1 Å². The van der Waals surface area contributed by atoms with Crippen LogP contribution >= 0.6 is 34.1 Å². The van der Waals surface area contributed by atoms with Crippen molar-refractivity contribution in [3.05, 3.63) is 97.0 Å². The van der Waals surface area contributed by atoms with Gasteiger partial charge in [-0.3, -0.25) is 0 Å². The van der Waals surface area contributed by atoms with Crippen molar-refractivity contribution in [3.63, 3.8) is 0 Å². The van der Waals surface area contributed by atoms with E-state index in [0.717, 1.165) is 0 Å². The Morgan fingerprint density at radius 2 is 0.886 bits per heavy atom. The quantitative estimate of drug-likeness (QED) is 0.125. The molecule has 2 radical (unpaired) electrons. The Hall–Kier alpha value is 0.803. The first-order valence-electron chi connectivity index (χ1n) is 10.9. The van der Waals surface area contributed by atoms with Gasteiger partial charge in [-0.05, 0) is 10.8 Å². The van der Waals surface area contributed by atoms with Gasteiger partial charge < -0.3 is 22.6 Å². The van der Waals surface area contributed by atoms with Gasteiger partial charge in [0.1, 0.15) is 0 Å². The van der Waals surface area contributed by atoms with Gasteiger partial charge in [0.25, 0.3) is 0 Å². The topological polar surface area (TPSA) is 0 Å². The SMILES string of the molecule is CC(C)(C)c1cc2ccccc2[cH-]1.CC(C)(C)c1cc2ccccc2[cH-]1.[CH2-][Si][CH2-].[Cl][Zr+2][Cl].[Cl][Zr+2][Cl]. The van der Waals surface area contributed by atoms with Crippen LogP contribution in [-0.4, -0.2) is 9.52 Å². The number of rotatable bonds is 0. The molecule has 0 spiro atoms. The van der Waals surface area contributed by atoms with Crippen LogP contribution in [-0.2, 0) is 52.5 Å². The zero-order chi connectivity index (χ0) is 27.1. The van der Waals surface area contributed by atoms with Gasteiger partial charge in [0.2, 0.25) is 0 Å². The fourth-order valence-corrected chi connectivity index (χ4v) is 3.17. The summed E-state index contributed by atoms with van der Waals surface area (Å²) in [6.45, 7) is 20.3. The Morgan fingerprint density at radius 1 is 0.629 bits per heavy atom. The number of fused-ring (bicyclic) bond motifs is 2. The predicted molar refractivity (Wildman–Crippen MR) is 156 cm³/mol. The Kier molecular flexibility index (Phi) is 19.4. The monoisotopic (exact) mass is 718 g/mol. The van der Waals surface area contributed by atoms with E-state index in [1.807, 2.05) is 0 Å². The van der Waals surface area contributed by atoms with E-state index in [4.69, 9.17) is 34.1 Å². The van der Waals surface area contributed by atoms with Crippen LogP contribution in [0.2, 0.25) is 0 Å². The van der Waals surface area contributed by atoms with E-state index in [-0.39, 0.29) is 10.8 Å². The van der Waals surface area contributed by atoms with Crippen LogP contribution < -0.4 is 0 Å². The summed E-state index contributed by atoms with van der Waals surface area (Å²) >= 11 is -1.65. The first-order chi connectivity index (χ1) is 16.4. The molecule has 0 saturated heterocycles. The molecule has 0 N–H and O–H groups in total. The number of hydrogen-bond acceptors (Lipinski definition) is 0. The Labute approximate surface area is 253 Å². The van der Waals surface area contributed by atoms with Crippen LogP contribution in [0.1, 0.15) is 52.7 Å². The molecule has 0 heterocycles. The van der Waals surface area contributed by atoms with Crippen molar-refractivity contribution in [2.24, 2.45) is 0 Å². The molecule has 4 rings (SSSR count). The second-order valence-corrected chi connectivity index (χ2v) is 17.6. The zero-order valence-corrected chi connectivity index (χ0v) is 30.3. The number of benzene rings is 2. The maximum absolute atomic E-state index is 4.93. The summed E-state index contributed by atoms with van der Waals surface area (Å²) in [4.78, 5) is 0. The Morgan fingerprint density at radius 3 is 1.11 bits per heavy atom. The molecule has 0 aliphatic rings. The van der Waals surface area contributed by atoms with E-state index in [0.29, 0.717) is 9.52 Å². The molecule has 0 aliphatic heterocycles. The second kappa shape index (κ2) is 19.0. The third-order valence-electron chi connectivity index (χ3n) is 4.97. The second-order valence-electron chi connectivity index (χ2n) is 9.64. The average Bonchev–Trinajstić information content (AvgIpc) is 3.40. The van der Waals surface area contributed by atoms with E-state index in [1.54, 1.807) is 0 Å². The Bertz CT molecular complexity index is 921. The third kappa shape index (κ3) is 14.5. The first-order valence-corrected chi connectivity index (χ1v) is 25.0. The van der Waals surface area contributed by atoms with Gasteiger partial charge >= 0.3 is 75.7 Å². The van der Waals surface area contributed by atoms with Crippen LogP contribution in [0.4, 0.5) is 0 Å². The molecule has 0 saturated carbocycles. The van der Waals surface area contributed by atoms with Gasteiger partial charge in [0.15, 0.2) is 0 Å². The fourth-order valence-electron chi connectivity index (χ4n) is 3.17. The van der Waals surface area contributed by atoms with Crippen molar-refractivity contribution in [2.45, 2.75) is 52.4 Å². The fraction of sp³-hybridized carbons (Fsp3) is 0.286. The van der Waals surface area contributed by atoms with E-state index >= 15 is 0 Å².